The molecule has 1 heterocycles. The van der Waals surface area contributed by atoms with Crippen LogP contribution >= 0.6 is 11.6 Å². The number of nitrogens with zero attached hydrogens (tertiary/aromatic N) is 1. The van der Waals surface area contributed by atoms with Crippen molar-refractivity contribution >= 4 is 23.2 Å². The Hall–Kier alpha value is -2.85. The van der Waals surface area contributed by atoms with Gasteiger partial charge >= 0.3 is 0 Å². The number of hydrogen-bond donors (Lipinski definition) is 1. The van der Waals surface area contributed by atoms with Gasteiger partial charge in [-0.3, -0.25) is 9.59 Å². The summed E-state index contributed by atoms with van der Waals surface area (Å²) in [4.78, 5) is 25.8. The van der Waals surface area contributed by atoms with E-state index in [0.717, 1.165) is 40.9 Å². The maximum Gasteiger partial charge on any atom is 0.261 e. The van der Waals surface area contributed by atoms with Crippen LogP contribution in [0.2, 0.25) is 5.02 Å². The summed E-state index contributed by atoms with van der Waals surface area (Å²) in [6.07, 6.45) is 1.58. The molecule has 30 heavy (non-hydrogen) atoms. The van der Waals surface area contributed by atoms with Crippen LogP contribution in [0, 0.1) is 20.8 Å². The second kappa shape index (κ2) is 9.31. The van der Waals surface area contributed by atoms with Crippen LogP contribution in [0.3, 0.4) is 0 Å². The Labute approximate surface area is 182 Å². The average molecular weight is 423 g/mol. The SMILES string of the molecule is CCc1cccc(C)c1NC(=O)c1c(C)n(CCc2ccc(Cl)cc2)c(C)cc1=O. The number of carbonyl (C=O) groups excluding carboxylic acids is 1. The number of pyridine rings is 1. The number of nitrogens with one attached hydrogen (secondary N) is 1. The Morgan fingerprint density at radius 2 is 1.77 bits per heavy atom. The van der Waals surface area contributed by atoms with Crippen molar-refractivity contribution in [1.82, 2.24) is 4.57 Å². The third-order valence-electron chi connectivity index (χ3n) is 5.52. The first-order valence-corrected chi connectivity index (χ1v) is 10.5. The van der Waals surface area contributed by atoms with Crippen LogP contribution in [0.15, 0.2) is 53.3 Å². The van der Waals surface area contributed by atoms with E-state index in [1.54, 1.807) is 6.07 Å². The monoisotopic (exact) mass is 422 g/mol. The first-order chi connectivity index (χ1) is 14.3. The van der Waals surface area contributed by atoms with Gasteiger partial charge in [0, 0.05) is 34.7 Å². The minimum Gasteiger partial charge on any atom is -0.348 e. The molecule has 0 saturated carbocycles. The lowest BCUT2D eigenvalue weighted by Gasteiger charge is -2.19. The third-order valence-corrected chi connectivity index (χ3v) is 5.77. The number of aryl methyl sites for hydroxylation is 4. The van der Waals surface area contributed by atoms with Crippen LogP contribution in [0.25, 0.3) is 0 Å². The lowest BCUT2D eigenvalue weighted by molar-refractivity contribution is 0.102. The van der Waals surface area contributed by atoms with Gasteiger partial charge in [-0.15, -0.1) is 0 Å². The molecule has 0 radical (unpaired) electrons. The molecular formula is C25H27ClN2O2. The quantitative estimate of drug-likeness (QED) is 0.571. The molecule has 0 atom stereocenters. The maximum absolute atomic E-state index is 13.1. The van der Waals surface area contributed by atoms with Crippen LogP contribution < -0.4 is 10.7 Å². The largest absolute Gasteiger partial charge is 0.348 e. The fourth-order valence-corrected chi connectivity index (χ4v) is 3.93. The van der Waals surface area contributed by atoms with E-state index in [1.165, 1.54) is 0 Å². The Morgan fingerprint density at radius 3 is 2.43 bits per heavy atom. The summed E-state index contributed by atoms with van der Waals surface area (Å²) in [7, 11) is 0. The number of anilines is 1. The molecule has 1 amide bonds. The Morgan fingerprint density at radius 1 is 1.07 bits per heavy atom. The van der Waals surface area contributed by atoms with E-state index in [9.17, 15) is 9.59 Å². The van der Waals surface area contributed by atoms with E-state index >= 15 is 0 Å². The second-order valence-corrected chi connectivity index (χ2v) is 7.99. The van der Waals surface area contributed by atoms with Crippen LogP contribution in [-0.4, -0.2) is 10.5 Å². The third kappa shape index (κ3) is 4.65. The number of carbonyl (C=O) groups is 1. The van der Waals surface area contributed by atoms with Gasteiger partial charge in [0.1, 0.15) is 5.56 Å². The number of halogens is 1. The van der Waals surface area contributed by atoms with Crippen LogP contribution in [0.4, 0.5) is 5.69 Å². The summed E-state index contributed by atoms with van der Waals surface area (Å²) in [6.45, 7) is 8.41. The Bertz CT molecular complexity index is 1130. The number of rotatable bonds is 6. The van der Waals surface area contributed by atoms with Gasteiger partial charge in [0.2, 0.25) is 0 Å². The molecule has 0 aliphatic carbocycles. The molecule has 0 fully saturated rings. The van der Waals surface area contributed by atoms with E-state index in [0.29, 0.717) is 17.3 Å². The molecule has 0 spiro atoms. The summed E-state index contributed by atoms with van der Waals surface area (Å²) in [5, 5.41) is 3.69. The minimum absolute atomic E-state index is 0.196. The summed E-state index contributed by atoms with van der Waals surface area (Å²) in [5.41, 5.74) is 5.43. The minimum atomic E-state index is -0.359. The highest BCUT2D eigenvalue weighted by Crippen LogP contribution is 2.22. The van der Waals surface area contributed by atoms with Gasteiger partial charge in [-0.2, -0.15) is 0 Å². The predicted octanol–water partition coefficient (Wildman–Crippen LogP) is 5.48. The molecule has 0 bridgehead atoms. The maximum atomic E-state index is 13.1. The summed E-state index contributed by atoms with van der Waals surface area (Å²) in [5.74, 6) is -0.359. The van der Waals surface area contributed by atoms with Crippen molar-refractivity contribution in [2.75, 3.05) is 5.32 Å². The molecule has 0 aliphatic rings. The number of benzene rings is 2. The van der Waals surface area contributed by atoms with E-state index in [2.05, 4.69) is 5.32 Å². The first-order valence-electron chi connectivity index (χ1n) is 10.2. The van der Waals surface area contributed by atoms with Crippen molar-refractivity contribution in [2.24, 2.45) is 0 Å². The van der Waals surface area contributed by atoms with Crippen molar-refractivity contribution in [3.8, 4) is 0 Å². The molecule has 1 aromatic heterocycles. The van der Waals surface area contributed by atoms with Gasteiger partial charge in [-0.25, -0.2) is 0 Å². The average Bonchev–Trinajstić information content (AvgIpc) is 2.70. The summed E-state index contributed by atoms with van der Waals surface area (Å²) in [6, 6.07) is 15.2. The summed E-state index contributed by atoms with van der Waals surface area (Å²) >= 11 is 5.97. The molecule has 4 nitrogen and oxygen atoms in total. The van der Waals surface area contributed by atoms with Crippen molar-refractivity contribution in [1.29, 1.82) is 0 Å². The zero-order valence-electron chi connectivity index (χ0n) is 17.9. The van der Waals surface area contributed by atoms with Gasteiger partial charge in [0.05, 0.1) is 0 Å². The Balaban J connectivity index is 1.92. The highest BCUT2D eigenvalue weighted by Gasteiger charge is 2.19. The first kappa shape index (κ1) is 21.8. The van der Waals surface area contributed by atoms with Gasteiger partial charge in [0.15, 0.2) is 5.43 Å². The molecule has 3 aromatic rings. The van der Waals surface area contributed by atoms with Gasteiger partial charge in [-0.1, -0.05) is 48.9 Å². The smallest absolute Gasteiger partial charge is 0.261 e. The topological polar surface area (TPSA) is 51.1 Å². The zero-order valence-corrected chi connectivity index (χ0v) is 18.6. The van der Waals surface area contributed by atoms with Crippen molar-refractivity contribution in [2.45, 2.75) is 47.1 Å². The molecular weight excluding hydrogens is 396 g/mol. The molecule has 2 aromatic carbocycles. The molecule has 0 aliphatic heterocycles. The van der Waals surface area contributed by atoms with E-state index in [1.807, 2.05) is 74.7 Å². The van der Waals surface area contributed by atoms with Crippen LogP contribution in [0.1, 0.15) is 45.4 Å². The van der Waals surface area contributed by atoms with Crippen LogP contribution in [-0.2, 0) is 19.4 Å². The number of aromatic nitrogens is 1. The molecule has 3 rings (SSSR count). The number of para-hydroxylation sites is 1. The molecule has 5 heteroatoms. The highest BCUT2D eigenvalue weighted by atomic mass is 35.5. The lowest BCUT2D eigenvalue weighted by Crippen LogP contribution is -2.28. The lowest BCUT2D eigenvalue weighted by atomic mass is 10.0. The zero-order chi connectivity index (χ0) is 21.8. The fourth-order valence-electron chi connectivity index (χ4n) is 3.81. The van der Waals surface area contributed by atoms with E-state index < -0.39 is 0 Å². The number of amides is 1. The van der Waals surface area contributed by atoms with Crippen molar-refractivity contribution in [3.63, 3.8) is 0 Å². The summed E-state index contributed by atoms with van der Waals surface area (Å²) < 4.78 is 2.03. The molecule has 156 valence electrons. The number of hydrogen-bond acceptors (Lipinski definition) is 2. The van der Waals surface area contributed by atoms with Gasteiger partial charge < -0.3 is 9.88 Å². The highest BCUT2D eigenvalue weighted by molar-refractivity contribution is 6.30. The normalized spacial score (nSPS) is 10.8. The van der Waals surface area contributed by atoms with E-state index in [4.69, 9.17) is 11.6 Å². The van der Waals surface area contributed by atoms with Gasteiger partial charge in [-0.05, 0) is 62.4 Å². The molecule has 0 saturated heterocycles. The van der Waals surface area contributed by atoms with E-state index in [-0.39, 0.29) is 16.9 Å². The van der Waals surface area contributed by atoms with Crippen molar-refractivity contribution in [3.05, 3.63) is 97.4 Å². The molecule has 1 N–H and O–H groups in total. The van der Waals surface area contributed by atoms with Gasteiger partial charge in [0.25, 0.3) is 5.91 Å². The second-order valence-electron chi connectivity index (χ2n) is 7.56. The predicted molar refractivity (Wildman–Crippen MR) is 124 cm³/mol. The van der Waals surface area contributed by atoms with Crippen LogP contribution in [0.5, 0.6) is 0 Å². The Kier molecular flexibility index (Phi) is 6.78. The fraction of sp³-hybridized carbons (Fsp3) is 0.280. The standard InChI is InChI=1S/C25H27ClN2O2/c1-5-20-8-6-7-16(2)24(20)27-25(30)23-18(4)28(17(3)15-22(23)29)14-13-19-9-11-21(26)12-10-19/h6-12,15H,5,13-14H2,1-4H3,(H,27,30). The molecule has 0 unspecified atom stereocenters. The van der Waals surface area contributed by atoms with Crippen molar-refractivity contribution < 1.29 is 4.79 Å².